The maximum absolute atomic E-state index is 13.4. The Labute approximate surface area is 189 Å². The number of nitrogens with two attached hydrogens (primary N) is 1. The van der Waals surface area contributed by atoms with Gasteiger partial charge >= 0.3 is 0 Å². The minimum Gasteiger partial charge on any atom is -0.382 e. The van der Waals surface area contributed by atoms with Crippen molar-refractivity contribution in [3.05, 3.63) is 75.1 Å². The van der Waals surface area contributed by atoms with Crippen LogP contribution in [0.2, 0.25) is 0 Å². The van der Waals surface area contributed by atoms with Crippen LogP contribution >= 0.6 is 0 Å². The van der Waals surface area contributed by atoms with E-state index >= 15 is 0 Å². The Morgan fingerprint density at radius 1 is 1.21 bits per heavy atom. The number of nitrogens with one attached hydrogen (secondary N) is 2. The van der Waals surface area contributed by atoms with Gasteiger partial charge < -0.3 is 11.1 Å². The summed E-state index contributed by atoms with van der Waals surface area (Å²) in [5, 5.41) is 14.0. The van der Waals surface area contributed by atoms with Crippen molar-refractivity contribution in [1.82, 2.24) is 25.3 Å². The zero-order valence-electron chi connectivity index (χ0n) is 18.6. The Kier molecular flexibility index (Phi) is 5.95. The van der Waals surface area contributed by atoms with Crippen LogP contribution < -0.4 is 16.6 Å². The first kappa shape index (κ1) is 22.2. The summed E-state index contributed by atoms with van der Waals surface area (Å²) in [6, 6.07) is 12.5. The topological polar surface area (TPSA) is 119 Å². The van der Waals surface area contributed by atoms with Crippen molar-refractivity contribution >= 4 is 22.6 Å². The van der Waals surface area contributed by atoms with E-state index in [1.165, 1.54) is 4.68 Å². The number of alkyl halides is 1. The molecule has 1 atom stereocenters. The van der Waals surface area contributed by atoms with E-state index in [1.807, 2.05) is 56.3 Å². The highest BCUT2D eigenvalue weighted by Gasteiger charge is 2.21. The lowest BCUT2D eigenvalue weighted by Crippen LogP contribution is -2.23. The number of carbonyl (C=O) groups is 1. The third-order valence-electron chi connectivity index (χ3n) is 5.62. The maximum Gasteiger partial charge on any atom is 0.290 e. The number of rotatable bonds is 6. The number of nitrogen functional groups attached to an aromatic ring is 1. The van der Waals surface area contributed by atoms with E-state index in [4.69, 9.17) is 5.73 Å². The molecular formula is C24H25FN6O2. The number of nitrogens with zero attached hydrogens (tertiary/aromatic N) is 3. The molecule has 1 amide bonds. The van der Waals surface area contributed by atoms with Crippen molar-refractivity contribution in [2.75, 3.05) is 12.4 Å². The number of anilines is 1. The summed E-state index contributed by atoms with van der Waals surface area (Å²) >= 11 is 0. The third-order valence-corrected chi connectivity index (χ3v) is 5.62. The van der Waals surface area contributed by atoms with Crippen LogP contribution in [0, 0.1) is 13.8 Å². The zero-order chi connectivity index (χ0) is 23.7. The second kappa shape index (κ2) is 8.85. The normalized spacial score (nSPS) is 12.1. The predicted octanol–water partition coefficient (Wildman–Crippen LogP) is 3.45. The van der Waals surface area contributed by atoms with E-state index in [-0.39, 0.29) is 17.2 Å². The fourth-order valence-corrected chi connectivity index (χ4v) is 3.74. The van der Waals surface area contributed by atoms with Crippen LogP contribution in [0.1, 0.15) is 40.0 Å². The molecule has 2 aromatic heterocycles. The Morgan fingerprint density at radius 2 is 1.94 bits per heavy atom. The molecule has 0 saturated heterocycles. The number of halogens is 1. The maximum atomic E-state index is 13.4. The molecule has 0 aliphatic heterocycles. The Morgan fingerprint density at radius 3 is 2.64 bits per heavy atom. The molecule has 0 radical (unpaired) electrons. The molecule has 2 aromatic carbocycles. The van der Waals surface area contributed by atoms with Gasteiger partial charge in [-0.1, -0.05) is 42.0 Å². The van der Waals surface area contributed by atoms with Crippen LogP contribution in [0.25, 0.3) is 22.2 Å². The summed E-state index contributed by atoms with van der Waals surface area (Å²) in [6.45, 7) is 5.15. The lowest BCUT2D eigenvalue weighted by Gasteiger charge is -2.09. The van der Waals surface area contributed by atoms with Gasteiger partial charge in [0.2, 0.25) is 0 Å². The van der Waals surface area contributed by atoms with Crippen LogP contribution in [0.4, 0.5) is 10.2 Å². The first-order valence-corrected chi connectivity index (χ1v) is 10.6. The average Bonchev–Trinajstić information content (AvgIpc) is 3.23. The molecule has 2 heterocycles. The first-order chi connectivity index (χ1) is 15.8. The molecule has 4 rings (SSSR count). The Bertz CT molecular complexity index is 1390. The monoisotopic (exact) mass is 448 g/mol. The van der Waals surface area contributed by atoms with Crippen LogP contribution in [0.5, 0.6) is 0 Å². The molecule has 0 aliphatic rings. The molecule has 33 heavy (non-hydrogen) atoms. The quantitative estimate of drug-likeness (QED) is 0.417. The fraction of sp³-hybridized carbons (Fsp3) is 0.250. The summed E-state index contributed by atoms with van der Waals surface area (Å²) < 4.78 is 14.7. The van der Waals surface area contributed by atoms with Gasteiger partial charge in [-0.15, -0.1) is 0 Å². The van der Waals surface area contributed by atoms with Crippen LogP contribution in [0.15, 0.2) is 47.3 Å². The first-order valence-electron chi connectivity index (χ1n) is 10.6. The second-order valence-electron chi connectivity index (χ2n) is 8.16. The minimum atomic E-state index is -0.684. The number of aromatic amines is 1. The van der Waals surface area contributed by atoms with E-state index in [0.717, 1.165) is 16.7 Å². The van der Waals surface area contributed by atoms with Crippen LogP contribution in [0.3, 0.4) is 0 Å². The summed E-state index contributed by atoms with van der Waals surface area (Å²) in [6.07, 6.45) is 0. The Balaban J connectivity index is 1.61. The number of benzene rings is 2. The summed E-state index contributed by atoms with van der Waals surface area (Å²) in [4.78, 5) is 25.0. The molecule has 0 bridgehead atoms. The van der Waals surface area contributed by atoms with Crippen molar-refractivity contribution in [2.45, 2.75) is 33.4 Å². The van der Waals surface area contributed by atoms with E-state index < -0.39 is 18.3 Å². The largest absolute Gasteiger partial charge is 0.382 e. The van der Waals surface area contributed by atoms with Gasteiger partial charge in [-0.3, -0.25) is 14.3 Å². The van der Waals surface area contributed by atoms with Gasteiger partial charge in [0, 0.05) is 17.7 Å². The number of aromatic nitrogens is 4. The standard InChI is InChI=1S/C24H25FN6O2/c1-13-4-5-14(2)18(10-13)23(32)27-12-16-6-8-17(9-7-16)20-19-21(24(33)29-28-22(19)26)31(30-20)15(3)11-25/h4-10,15H,11-12H2,1-3H3,(H2,26,28)(H,27,32)(H,29,33). The Hall–Kier alpha value is -4.01. The summed E-state index contributed by atoms with van der Waals surface area (Å²) in [7, 11) is 0. The second-order valence-corrected chi connectivity index (χ2v) is 8.16. The van der Waals surface area contributed by atoms with Crippen molar-refractivity contribution in [1.29, 1.82) is 0 Å². The van der Waals surface area contributed by atoms with Gasteiger partial charge in [-0.25, -0.2) is 9.49 Å². The number of aryl methyl sites for hydroxylation is 2. The number of hydrogen-bond acceptors (Lipinski definition) is 5. The number of carbonyl (C=O) groups excluding carboxylic acids is 1. The molecule has 8 nitrogen and oxygen atoms in total. The number of hydrogen-bond donors (Lipinski definition) is 3. The molecular weight excluding hydrogens is 423 g/mol. The van der Waals surface area contributed by atoms with Crippen molar-refractivity contribution < 1.29 is 9.18 Å². The van der Waals surface area contributed by atoms with Gasteiger partial charge in [0.25, 0.3) is 11.5 Å². The summed E-state index contributed by atoms with van der Waals surface area (Å²) in [5.41, 5.74) is 10.4. The minimum absolute atomic E-state index is 0.113. The lowest BCUT2D eigenvalue weighted by atomic mass is 10.0. The molecule has 1 unspecified atom stereocenters. The van der Waals surface area contributed by atoms with E-state index in [9.17, 15) is 14.0 Å². The van der Waals surface area contributed by atoms with Crippen LogP contribution in [-0.2, 0) is 6.54 Å². The van der Waals surface area contributed by atoms with Gasteiger partial charge in [-0.05, 0) is 38.0 Å². The van der Waals surface area contributed by atoms with Crippen molar-refractivity contribution in [3.8, 4) is 11.3 Å². The molecule has 0 saturated carbocycles. The fourth-order valence-electron chi connectivity index (χ4n) is 3.74. The molecule has 4 aromatic rings. The van der Waals surface area contributed by atoms with Gasteiger partial charge in [0.15, 0.2) is 5.82 Å². The highest BCUT2D eigenvalue weighted by Crippen LogP contribution is 2.31. The predicted molar refractivity (Wildman–Crippen MR) is 126 cm³/mol. The molecule has 0 aliphatic carbocycles. The highest BCUT2D eigenvalue weighted by molar-refractivity contribution is 5.99. The molecule has 4 N–H and O–H groups in total. The SMILES string of the molecule is Cc1ccc(C)c(C(=O)NCc2ccc(-c3nn(C(C)CF)c4c(=O)[nH]nc(N)c34)cc2)c1. The summed E-state index contributed by atoms with van der Waals surface area (Å²) in [5.74, 6) is -0.0231. The van der Waals surface area contributed by atoms with Crippen molar-refractivity contribution in [2.24, 2.45) is 0 Å². The van der Waals surface area contributed by atoms with Gasteiger partial charge in [-0.2, -0.15) is 10.2 Å². The zero-order valence-corrected chi connectivity index (χ0v) is 18.6. The van der Waals surface area contributed by atoms with Crippen LogP contribution in [-0.4, -0.2) is 32.6 Å². The molecule has 170 valence electrons. The number of fused-ring (bicyclic) bond motifs is 1. The van der Waals surface area contributed by atoms with E-state index in [2.05, 4.69) is 20.6 Å². The number of amides is 1. The van der Waals surface area contributed by atoms with Gasteiger partial charge in [0.1, 0.15) is 17.9 Å². The van der Waals surface area contributed by atoms with E-state index in [1.54, 1.807) is 6.92 Å². The smallest absolute Gasteiger partial charge is 0.290 e. The van der Waals surface area contributed by atoms with E-state index in [0.29, 0.717) is 28.8 Å². The molecule has 0 fully saturated rings. The lowest BCUT2D eigenvalue weighted by molar-refractivity contribution is 0.0950. The average molecular weight is 449 g/mol. The van der Waals surface area contributed by atoms with Gasteiger partial charge in [0.05, 0.1) is 11.4 Å². The molecule has 0 spiro atoms. The third kappa shape index (κ3) is 4.21. The number of H-pyrrole nitrogens is 1. The van der Waals surface area contributed by atoms with Crippen molar-refractivity contribution in [3.63, 3.8) is 0 Å². The molecule has 9 heteroatoms. The highest BCUT2D eigenvalue weighted by atomic mass is 19.1.